The zero-order valence-electron chi connectivity index (χ0n) is 17.4. The Labute approximate surface area is 199 Å². The van der Waals surface area contributed by atoms with Gasteiger partial charge in [-0.3, -0.25) is 9.69 Å². The van der Waals surface area contributed by atoms with Crippen LogP contribution in [-0.4, -0.2) is 11.7 Å². The molecule has 33 heavy (non-hydrogen) atoms. The lowest BCUT2D eigenvalue weighted by molar-refractivity contribution is -0.113. The molecule has 4 aromatic carbocycles. The summed E-state index contributed by atoms with van der Waals surface area (Å²) in [5.74, 6) is 0.390. The highest BCUT2D eigenvalue weighted by molar-refractivity contribution is 7.21. The van der Waals surface area contributed by atoms with Crippen LogP contribution in [0.25, 0.3) is 26.9 Å². The smallest absolute Gasteiger partial charge is 0.266 e. The van der Waals surface area contributed by atoms with Crippen LogP contribution in [0.15, 0.2) is 108 Å². The molecule has 0 spiro atoms. The van der Waals surface area contributed by atoms with Gasteiger partial charge in [0.2, 0.25) is 0 Å². The molecule has 0 saturated carbocycles. The molecule has 0 atom stereocenters. The molecule has 0 fully saturated rings. The van der Waals surface area contributed by atoms with Crippen LogP contribution in [-0.2, 0) is 4.79 Å². The molecule has 5 heteroatoms. The Hall–Kier alpha value is -3.73. The monoisotopic (exact) mass is 464 g/mol. The largest absolute Gasteiger partial charge is 0.282 e. The van der Waals surface area contributed by atoms with E-state index in [1.807, 2.05) is 84.9 Å². The lowest BCUT2D eigenvalue weighted by Gasteiger charge is -2.17. The standard InChI is InChI=1S/C28H17ClN2OS/c29-25-22-15-6-7-16-24(22)33-26(25)27-30-23(28(32)31(27)20-12-2-1-3-13-20)17-19-11-8-10-18-9-4-5-14-21(18)19/h1-17H/b23-17+. The second kappa shape index (κ2) is 8.00. The van der Waals surface area contributed by atoms with Gasteiger partial charge in [0.1, 0.15) is 5.70 Å². The van der Waals surface area contributed by atoms with Crippen molar-refractivity contribution < 1.29 is 4.79 Å². The molecule has 1 aromatic heterocycles. The van der Waals surface area contributed by atoms with E-state index in [0.717, 1.165) is 37.0 Å². The molecule has 1 aliphatic rings. The average molecular weight is 465 g/mol. The van der Waals surface area contributed by atoms with E-state index in [2.05, 4.69) is 18.2 Å². The summed E-state index contributed by atoms with van der Waals surface area (Å²) in [6.45, 7) is 0. The minimum absolute atomic E-state index is 0.169. The molecule has 5 aromatic rings. The number of carbonyl (C=O) groups excluding carboxylic acids is 1. The minimum atomic E-state index is -0.169. The topological polar surface area (TPSA) is 32.7 Å². The summed E-state index contributed by atoms with van der Waals surface area (Å²) in [6.07, 6.45) is 1.87. The van der Waals surface area contributed by atoms with Gasteiger partial charge in [0.05, 0.1) is 15.6 Å². The number of rotatable bonds is 3. The van der Waals surface area contributed by atoms with Gasteiger partial charge < -0.3 is 0 Å². The van der Waals surface area contributed by atoms with E-state index in [0.29, 0.717) is 16.6 Å². The van der Waals surface area contributed by atoms with Crippen LogP contribution in [0.5, 0.6) is 0 Å². The van der Waals surface area contributed by atoms with E-state index in [-0.39, 0.29) is 5.91 Å². The molecule has 6 rings (SSSR count). The first-order valence-corrected chi connectivity index (χ1v) is 11.8. The van der Waals surface area contributed by atoms with Crippen LogP contribution in [0.3, 0.4) is 0 Å². The Morgan fingerprint density at radius 2 is 1.48 bits per heavy atom. The molecule has 0 saturated heterocycles. The Kier molecular flexibility index (Phi) is 4.83. The van der Waals surface area contributed by atoms with Crippen molar-refractivity contribution >= 4 is 67.3 Å². The SMILES string of the molecule is O=C1/C(=C\c2cccc3ccccc23)N=C(c2sc3ccccc3c2Cl)N1c1ccccc1. The maximum atomic E-state index is 13.7. The van der Waals surface area contributed by atoms with Crippen LogP contribution in [0.1, 0.15) is 10.4 Å². The summed E-state index contributed by atoms with van der Waals surface area (Å²) < 4.78 is 1.06. The number of thiophene rings is 1. The minimum Gasteiger partial charge on any atom is -0.266 e. The zero-order valence-corrected chi connectivity index (χ0v) is 19.0. The van der Waals surface area contributed by atoms with Crippen molar-refractivity contribution in [3.63, 3.8) is 0 Å². The Bertz CT molecular complexity index is 1600. The van der Waals surface area contributed by atoms with Crippen molar-refractivity contribution in [2.75, 3.05) is 4.90 Å². The highest BCUT2D eigenvalue weighted by Crippen LogP contribution is 2.39. The van der Waals surface area contributed by atoms with E-state index < -0.39 is 0 Å². The number of nitrogens with zero attached hydrogens (tertiary/aromatic N) is 2. The molecule has 0 aliphatic carbocycles. The van der Waals surface area contributed by atoms with Crippen LogP contribution in [0, 0.1) is 0 Å². The van der Waals surface area contributed by atoms with Gasteiger partial charge in [-0.25, -0.2) is 4.99 Å². The lowest BCUT2D eigenvalue weighted by atomic mass is 10.0. The first-order chi connectivity index (χ1) is 16.2. The maximum absolute atomic E-state index is 13.7. The van der Waals surface area contributed by atoms with Crippen LogP contribution >= 0.6 is 22.9 Å². The first-order valence-electron chi connectivity index (χ1n) is 10.6. The van der Waals surface area contributed by atoms with Gasteiger partial charge in [0.25, 0.3) is 5.91 Å². The number of hydrogen-bond donors (Lipinski definition) is 0. The third-order valence-electron chi connectivity index (χ3n) is 5.73. The highest BCUT2D eigenvalue weighted by atomic mass is 35.5. The number of aliphatic imine (C=N–C) groups is 1. The van der Waals surface area contributed by atoms with E-state index >= 15 is 0 Å². The van der Waals surface area contributed by atoms with Crippen LogP contribution in [0.4, 0.5) is 5.69 Å². The normalized spacial score (nSPS) is 15.1. The van der Waals surface area contributed by atoms with Gasteiger partial charge in [-0.05, 0) is 40.6 Å². The third-order valence-corrected chi connectivity index (χ3v) is 7.40. The molecule has 1 amide bonds. The van der Waals surface area contributed by atoms with E-state index in [9.17, 15) is 4.79 Å². The van der Waals surface area contributed by atoms with Crippen molar-refractivity contribution in [2.24, 2.45) is 4.99 Å². The second-order valence-electron chi connectivity index (χ2n) is 7.75. The number of amides is 1. The number of hydrogen-bond acceptors (Lipinski definition) is 3. The fourth-order valence-electron chi connectivity index (χ4n) is 4.17. The zero-order chi connectivity index (χ0) is 22.4. The molecule has 0 radical (unpaired) electrons. The molecular weight excluding hydrogens is 448 g/mol. The second-order valence-corrected chi connectivity index (χ2v) is 9.18. The fraction of sp³-hybridized carbons (Fsp3) is 0. The molecule has 1 aliphatic heterocycles. The average Bonchev–Trinajstić information content (AvgIpc) is 3.36. The summed E-state index contributed by atoms with van der Waals surface area (Å²) in [5, 5.41) is 3.78. The number of anilines is 1. The number of amidine groups is 1. The number of para-hydroxylation sites is 1. The highest BCUT2D eigenvalue weighted by Gasteiger charge is 2.34. The molecule has 3 nitrogen and oxygen atoms in total. The Morgan fingerprint density at radius 3 is 2.30 bits per heavy atom. The predicted octanol–water partition coefficient (Wildman–Crippen LogP) is 7.54. The predicted molar refractivity (Wildman–Crippen MR) is 139 cm³/mol. The van der Waals surface area contributed by atoms with Gasteiger partial charge in [-0.15, -0.1) is 11.3 Å². The molecule has 0 bridgehead atoms. The van der Waals surface area contributed by atoms with E-state index in [1.165, 1.54) is 0 Å². The van der Waals surface area contributed by atoms with Crippen LogP contribution < -0.4 is 4.90 Å². The van der Waals surface area contributed by atoms with Gasteiger partial charge in [-0.2, -0.15) is 0 Å². The Morgan fingerprint density at radius 1 is 0.788 bits per heavy atom. The maximum Gasteiger partial charge on any atom is 0.282 e. The summed E-state index contributed by atoms with van der Waals surface area (Å²) in [5.41, 5.74) is 2.10. The van der Waals surface area contributed by atoms with Gasteiger partial charge in [0, 0.05) is 10.1 Å². The number of fused-ring (bicyclic) bond motifs is 2. The molecule has 158 valence electrons. The summed E-state index contributed by atoms with van der Waals surface area (Å²) in [4.78, 5) is 20.9. The van der Waals surface area contributed by atoms with E-state index in [1.54, 1.807) is 16.2 Å². The number of carbonyl (C=O) groups is 1. The van der Waals surface area contributed by atoms with Crippen molar-refractivity contribution in [3.05, 3.63) is 118 Å². The fourth-order valence-corrected chi connectivity index (χ4v) is 5.66. The van der Waals surface area contributed by atoms with Gasteiger partial charge in [0.15, 0.2) is 5.84 Å². The van der Waals surface area contributed by atoms with Crippen molar-refractivity contribution in [1.82, 2.24) is 0 Å². The summed E-state index contributed by atoms with van der Waals surface area (Å²) >= 11 is 8.34. The van der Waals surface area contributed by atoms with Gasteiger partial charge >= 0.3 is 0 Å². The summed E-state index contributed by atoms with van der Waals surface area (Å²) in [6, 6.07) is 31.8. The quantitative estimate of drug-likeness (QED) is 0.254. The van der Waals surface area contributed by atoms with E-state index in [4.69, 9.17) is 16.6 Å². The number of benzene rings is 4. The van der Waals surface area contributed by atoms with Crippen molar-refractivity contribution in [3.8, 4) is 0 Å². The molecular formula is C28H17ClN2OS. The van der Waals surface area contributed by atoms with Crippen LogP contribution in [0.2, 0.25) is 5.02 Å². The summed E-state index contributed by atoms with van der Waals surface area (Å²) in [7, 11) is 0. The lowest BCUT2D eigenvalue weighted by Crippen LogP contribution is -2.32. The van der Waals surface area contributed by atoms with Gasteiger partial charge in [-0.1, -0.05) is 90.5 Å². The van der Waals surface area contributed by atoms with Crippen molar-refractivity contribution in [1.29, 1.82) is 0 Å². The molecule has 2 heterocycles. The molecule has 0 N–H and O–H groups in total. The van der Waals surface area contributed by atoms with Crippen molar-refractivity contribution in [2.45, 2.75) is 0 Å². The first kappa shape index (κ1) is 19.9. The molecule has 0 unspecified atom stereocenters. The third kappa shape index (κ3) is 3.35. The Balaban J connectivity index is 1.56. The number of halogens is 1.